The first-order chi connectivity index (χ1) is 12.2. The van der Waals surface area contributed by atoms with Crippen LogP contribution in [0.5, 0.6) is 0 Å². The second kappa shape index (κ2) is 5.27. The van der Waals surface area contributed by atoms with E-state index < -0.39 is 26.8 Å². The van der Waals surface area contributed by atoms with Crippen LogP contribution in [0.25, 0.3) is 0 Å². The molecule has 134 valence electrons. The Labute approximate surface area is 152 Å². The number of carbonyl (C=O) groups excluding carboxylic acids is 2. The lowest BCUT2D eigenvalue weighted by Gasteiger charge is -2.21. The van der Waals surface area contributed by atoms with Gasteiger partial charge >= 0.3 is 0 Å². The van der Waals surface area contributed by atoms with Crippen LogP contribution in [0.3, 0.4) is 0 Å². The van der Waals surface area contributed by atoms with Gasteiger partial charge in [0.15, 0.2) is 5.78 Å². The molecule has 0 radical (unpaired) electrons. The molecule has 2 fully saturated rings. The number of piperidine rings is 1. The number of rotatable bonds is 4. The summed E-state index contributed by atoms with van der Waals surface area (Å²) in [4.78, 5) is 26.2. The van der Waals surface area contributed by atoms with Gasteiger partial charge in [0.25, 0.3) is 15.9 Å². The molecule has 0 aromatic heterocycles. The zero-order valence-corrected chi connectivity index (χ0v) is 15.4. The van der Waals surface area contributed by atoms with Crippen LogP contribution in [-0.2, 0) is 14.8 Å². The van der Waals surface area contributed by atoms with E-state index in [2.05, 4.69) is 0 Å². The molecule has 26 heavy (non-hydrogen) atoms. The monoisotopic (exact) mass is 369 g/mol. The van der Waals surface area contributed by atoms with E-state index in [-0.39, 0.29) is 17.2 Å². The Bertz CT molecular complexity index is 1010. The molecule has 6 heteroatoms. The highest BCUT2D eigenvalue weighted by Gasteiger charge is 2.80. The summed E-state index contributed by atoms with van der Waals surface area (Å²) in [6, 6.07) is 15.0. The Hall–Kier alpha value is -2.47. The molecule has 2 aromatic rings. The van der Waals surface area contributed by atoms with Gasteiger partial charge in [-0.3, -0.25) is 9.59 Å². The lowest BCUT2D eigenvalue weighted by Crippen LogP contribution is -2.39. The van der Waals surface area contributed by atoms with E-state index in [4.69, 9.17) is 0 Å². The number of nitrogens with zero attached hydrogens (tertiary/aromatic N) is 1. The van der Waals surface area contributed by atoms with E-state index in [9.17, 15) is 18.0 Å². The zero-order chi connectivity index (χ0) is 18.7. The molecule has 2 atom stereocenters. The molecule has 0 spiro atoms. The maximum absolute atomic E-state index is 13.1. The van der Waals surface area contributed by atoms with Crippen LogP contribution in [-0.4, -0.2) is 31.0 Å². The number of ketones is 1. The number of carbonyl (C=O) groups is 2. The summed E-state index contributed by atoms with van der Waals surface area (Å²) in [6.45, 7) is 3.72. The van der Waals surface area contributed by atoms with Crippen LogP contribution in [0.1, 0.15) is 29.3 Å². The summed E-state index contributed by atoms with van der Waals surface area (Å²) >= 11 is 0. The molecule has 0 unspecified atom stereocenters. The lowest BCUT2D eigenvalue weighted by molar-refractivity contribution is -0.127. The van der Waals surface area contributed by atoms with Crippen LogP contribution in [0, 0.1) is 17.8 Å². The van der Waals surface area contributed by atoms with Gasteiger partial charge in [0.05, 0.1) is 4.90 Å². The van der Waals surface area contributed by atoms with E-state index in [0.717, 1.165) is 9.87 Å². The molecular formula is C20H19NO4S. The molecule has 1 aliphatic heterocycles. The van der Waals surface area contributed by atoms with Crippen molar-refractivity contribution < 1.29 is 18.0 Å². The molecule has 1 saturated heterocycles. The molecule has 4 rings (SSSR count). The highest BCUT2D eigenvalue weighted by molar-refractivity contribution is 7.89. The smallest absolute Gasteiger partial charge is 0.266 e. The molecule has 2 aromatic carbocycles. The van der Waals surface area contributed by atoms with Gasteiger partial charge in [-0.15, -0.1) is 0 Å². The van der Waals surface area contributed by atoms with Gasteiger partial charge < -0.3 is 0 Å². The Morgan fingerprint density at radius 3 is 2.27 bits per heavy atom. The predicted molar refractivity (Wildman–Crippen MR) is 96.0 cm³/mol. The molecule has 5 nitrogen and oxygen atoms in total. The molecule has 1 heterocycles. The van der Waals surface area contributed by atoms with Crippen molar-refractivity contribution in [1.82, 2.24) is 4.31 Å². The Kier molecular flexibility index (Phi) is 3.44. The first-order valence-corrected chi connectivity index (χ1v) is 9.90. The molecule has 0 N–H and O–H groups in total. The minimum absolute atomic E-state index is 0.0423. The summed E-state index contributed by atoms with van der Waals surface area (Å²) in [6.07, 6.45) is 0.395. The number of benzene rings is 2. The maximum atomic E-state index is 13.1. The summed E-state index contributed by atoms with van der Waals surface area (Å²) in [5.74, 6) is -0.887. The van der Waals surface area contributed by atoms with Crippen molar-refractivity contribution in [2.75, 3.05) is 6.54 Å². The van der Waals surface area contributed by atoms with E-state index >= 15 is 0 Å². The summed E-state index contributed by atoms with van der Waals surface area (Å²) in [5, 5.41) is 0. The fourth-order valence-corrected chi connectivity index (χ4v) is 5.55. The zero-order valence-electron chi connectivity index (χ0n) is 14.6. The third kappa shape index (κ3) is 2.11. The van der Waals surface area contributed by atoms with Crippen molar-refractivity contribution in [2.24, 2.45) is 10.8 Å². The number of sulfonamides is 1. The molecule has 1 saturated carbocycles. The molecule has 0 bridgehead atoms. The highest BCUT2D eigenvalue weighted by Crippen LogP contribution is 2.70. The van der Waals surface area contributed by atoms with E-state index in [1.165, 1.54) is 12.1 Å². The quantitative estimate of drug-likeness (QED) is 0.614. The van der Waals surface area contributed by atoms with Gasteiger partial charge in [-0.05, 0) is 25.5 Å². The van der Waals surface area contributed by atoms with Gasteiger partial charge in [0.1, 0.15) is 5.41 Å². The van der Waals surface area contributed by atoms with Gasteiger partial charge in [-0.25, -0.2) is 12.7 Å². The Morgan fingerprint density at radius 1 is 1.04 bits per heavy atom. The van der Waals surface area contributed by atoms with Gasteiger partial charge in [0, 0.05) is 17.5 Å². The van der Waals surface area contributed by atoms with Crippen molar-refractivity contribution >= 4 is 21.7 Å². The fraction of sp³-hybridized carbons (Fsp3) is 0.300. The van der Waals surface area contributed by atoms with E-state index in [0.29, 0.717) is 12.0 Å². The highest BCUT2D eigenvalue weighted by atomic mass is 32.2. The van der Waals surface area contributed by atoms with Crippen molar-refractivity contribution in [2.45, 2.75) is 25.2 Å². The average molecular weight is 369 g/mol. The normalized spacial score (nSPS) is 27.3. The maximum Gasteiger partial charge on any atom is 0.266 e. The second-order valence-corrected chi connectivity index (χ2v) is 9.33. The summed E-state index contributed by atoms with van der Waals surface area (Å²) < 4.78 is 26.8. The van der Waals surface area contributed by atoms with Gasteiger partial charge in [0.2, 0.25) is 0 Å². The molecule has 1 aliphatic carbocycles. The number of fused-ring (bicyclic) bond motifs is 1. The SMILES string of the molecule is Cc1ccc(S(=O)(=O)N2C[C@@]3(C)C[C@@]3(C(=O)c3ccccc3)C2=O)cc1. The number of Topliss-reactive ketones (excluding diaryl/α,β-unsaturated/α-hetero) is 1. The first-order valence-electron chi connectivity index (χ1n) is 8.46. The van der Waals surface area contributed by atoms with Gasteiger partial charge in [-0.1, -0.05) is 55.0 Å². The standard InChI is InChI=1S/C20H19NO4S/c1-14-8-10-16(11-9-14)26(24,25)21-13-19(2)12-20(19,18(21)23)17(22)15-6-4-3-5-7-15/h3-11H,12-13H2,1-2H3/t19-,20-/m1/s1. The number of aryl methyl sites for hydroxylation is 1. The average Bonchev–Trinajstić information content (AvgIpc) is 3.19. The van der Waals surface area contributed by atoms with Crippen molar-refractivity contribution in [3.8, 4) is 0 Å². The van der Waals surface area contributed by atoms with E-state index in [1.54, 1.807) is 42.5 Å². The van der Waals surface area contributed by atoms with Crippen LogP contribution in [0.15, 0.2) is 59.5 Å². The summed E-state index contributed by atoms with van der Waals surface area (Å²) in [7, 11) is -3.97. The van der Waals surface area contributed by atoms with Crippen molar-refractivity contribution in [3.05, 3.63) is 65.7 Å². The topological polar surface area (TPSA) is 71.5 Å². The van der Waals surface area contributed by atoms with Crippen molar-refractivity contribution in [3.63, 3.8) is 0 Å². The van der Waals surface area contributed by atoms with Crippen molar-refractivity contribution in [1.29, 1.82) is 0 Å². The first kappa shape index (κ1) is 17.0. The predicted octanol–water partition coefficient (Wildman–Crippen LogP) is 2.81. The van der Waals surface area contributed by atoms with Crippen LogP contribution in [0.4, 0.5) is 0 Å². The van der Waals surface area contributed by atoms with Crippen LogP contribution in [0.2, 0.25) is 0 Å². The summed E-state index contributed by atoms with van der Waals surface area (Å²) in [5.41, 5.74) is -0.526. The van der Waals surface area contributed by atoms with Crippen LogP contribution < -0.4 is 0 Å². The van der Waals surface area contributed by atoms with Gasteiger partial charge in [-0.2, -0.15) is 0 Å². The Balaban J connectivity index is 1.72. The lowest BCUT2D eigenvalue weighted by atomic mass is 9.88. The largest absolute Gasteiger partial charge is 0.293 e. The fourth-order valence-electron chi connectivity index (χ4n) is 3.99. The number of hydrogen-bond acceptors (Lipinski definition) is 4. The van der Waals surface area contributed by atoms with E-state index in [1.807, 2.05) is 13.8 Å². The molecular weight excluding hydrogens is 350 g/mol. The number of amides is 1. The third-order valence-electron chi connectivity index (χ3n) is 5.68. The minimum Gasteiger partial charge on any atom is -0.293 e. The number of hydrogen-bond donors (Lipinski definition) is 0. The third-order valence-corrected chi connectivity index (χ3v) is 7.42. The second-order valence-electron chi connectivity index (χ2n) is 7.47. The molecule has 2 aliphatic rings. The minimum atomic E-state index is -3.97. The Morgan fingerprint density at radius 2 is 1.65 bits per heavy atom. The van der Waals surface area contributed by atoms with Crippen LogP contribution >= 0.6 is 0 Å². The molecule has 1 amide bonds.